The second-order valence-electron chi connectivity index (χ2n) is 2.35. The molecule has 6 nitrogen and oxygen atoms in total. The van der Waals surface area contributed by atoms with Crippen LogP contribution in [0.1, 0.15) is 13.8 Å². The monoisotopic (exact) mass is 427 g/mol. The van der Waals surface area contributed by atoms with Crippen LogP contribution in [0.15, 0.2) is 10.2 Å². The summed E-state index contributed by atoms with van der Waals surface area (Å²) >= 11 is 9.14. The van der Waals surface area contributed by atoms with Crippen LogP contribution in [0, 0.1) is 0 Å². The number of hydrazone groups is 2. The fourth-order valence-corrected chi connectivity index (χ4v) is 0.531. The van der Waals surface area contributed by atoms with E-state index in [2.05, 4.69) is 45.5 Å². The Labute approximate surface area is 113 Å². The van der Waals surface area contributed by atoms with Crippen molar-refractivity contribution in [3.8, 4) is 0 Å². The van der Waals surface area contributed by atoms with Gasteiger partial charge in [0.05, 0.1) is 11.4 Å². The van der Waals surface area contributed by atoms with Crippen LogP contribution in [-0.2, 0) is 21.1 Å². The maximum atomic E-state index is 5.18. The summed E-state index contributed by atoms with van der Waals surface area (Å²) in [6, 6.07) is 0. The first-order valence-corrected chi connectivity index (χ1v) is 4.45. The zero-order valence-electron chi connectivity index (χ0n) is 8.18. The van der Waals surface area contributed by atoms with Crippen LogP contribution in [-0.4, -0.2) is 21.6 Å². The van der Waals surface area contributed by atoms with Gasteiger partial charge in [-0.05, 0) is 38.3 Å². The Balaban J connectivity index is 0. The molecule has 88 valence electrons. The van der Waals surface area contributed by atoms with E-state index in [1.807, 2.05) is 0 Å². The molecule has 0 bridgehead atoms. The van der Waals surface area contributed by atoms with Crippen LogP contribution >= 0.6 is 24.4 Å². The maximum absolute atomic E-state index is 5.18. The van der Waals surface area contributed by atoms with Crippen LogP contribution < -0.4 is 22.3 Å². The number of rotatable bonds is 3. The molecule has 0 unspecified atom stereocenters. The first-order valence-electron chi connectivity index (χ1n) is 3.63. The largest absolute Gasteiger partial charge is 0.375 e. The number of thiocarbonyl (C=S) groups is 2. The summed E-state index contributed by atoms with van der Waals surface area (Å²) in [5.41, 5.74) is 16.5. The summed E-state index contributed by atoms with van der Waals surface area (Å²) in [6.45, 7) is 3.48. The van der Waals surface area contributed by atoms with Gasteiger partial charge in [-0.25, -0.2) is 0 Å². The second-order valence-corrected chi connectivity index (χ2v) is 3.23. The Kier molecular flexibility index (Phi) is 9.75. The minimum Gasteiger partial charge on any atom is -0.375 e. The molecule has 0 fully saturated rings. The van der Waals surface area contributed by atoms with E-state index in [9.17, 15) is 0 Å². The van der Waals surface area contributed by atoms with E-state index < -0.39 is 0 Å². The summed E-state index contributed by atoms with van der Waals surface area (Å²) < 4.78 is 0. The van der Waals surface area contributed by atoms with Gasteiger partial charge in [0.25, 0.3) is 0 Å². The van der Waals surface area contributed by atoms with E-state index in [-0.39, 0.29) is 31.3 Å². The molecule has 0 saturated heterocycles. The zero-order valence-corrected chi connectivity index (χ0v) is 12.1. The Morgan fingerprint density at radius 1 is 0.933 bits per heavy atom. The Morgan fingerprint density at radius 2 is 1.20 bits per heavy atom. The first kappa shape index (κ1) is 16.8. The third kappa shape index (κ3) is 9.71. The fourth-order valence-electron chi connectivity index (χ4n) is 0.440. The summed E-state index contributed by atoms with van der Waals surface area (Å²) in [5.74, 6) is 0. The van der Waals surface area contributed by atoms with Crippen molar-refractivity contribution in [1.29, 1.82) is 0 Å². The van der Waals surface area contributed by atoms with Gasteiger partial charge in [0.1, 0.15) is 0 Å². The maximum Gasteiger partial charge on any atom is 0.184 e. The molecule has 6 N–H and O–H groups in total. The van der Waals surface area contributed by atoms with Crippen molar-refractivity contribution in [2.45, 2.75) is 13.8 Å². The third-order valence-electron chi connectivity index (χ3n) is 1.19. The molecule has 0 amide bonds. The van der Waals surface area contributed by atoms with E-state index in [4.69, 9.17) is 11.5 Å². The van der Waals surface area contributed by atoms with Gasteiger partial charge in [0.2, 0.25) is 0 Å². The summed E-state index contributed by atoms with van der Waals surface area (Å²) in [7, 11) is 0. The average Bonchev–Trinajstić information content (AvgIpc) is 2.09. The van der Waals surface area contributed by atoms with Gasteiger partial charge >= 0.3 is 0 Å². The zero-order chi connectivity index (χ0) is 11.1. The fraction of sp³-hybridized carbons (Fsp3) is 0.333. The van der Waals surface area contributed by atoms with Gasteiger partial charge in [0, 0.05) is 21.1 Å². The Bertz CT molecular complexity index is 270. The number of hydrogen-bond donors (Lipinski definition) is 4. The minimum absolute atomic E-state index is 0. The van der Waals surface area contributed by atoms with E-state index in [0.29, 0.717) is 11.4 Å². The minimum atomic E-state index is 0. The summed E-state index contributed by atoms with van der Waals surface area (Å²) in [5, 5.41) is 7.89. The molecule has 0 saturated carbocycles. The van der Waals surface area contributed by atoms with E-state index in [1.54, 1.807) is 13.8 Å². The molecular formula is C6H12N6PtS2. The SMILES string of the molecule is CC(=NNC(N)=S)C(C)=NNC(N)=S.[Pt]. The van der Waals surface area contributed by atoms with Crippen molar-refractivity contribution in [2.75, 3.05) is 0 Å². The summed E-state index contributed by atoms with van der Waals surface area (Å²) in [4.78, 5) is 0. The molecule has 0 aliphatic rings. The normalized spacial score (nSPS) is 11.3. The van der Waals surface area contributed by atoms with Crippen molar-refractivity contribution in [3.63, 3.8) is 0 Å². The van der Waals surface area contributed by atoms with Crippen LogP contribution in [0.4, 0.5) is 0 Å². The topological polar surface area (TPSA) is 101 Å². The molecular weight excluding hydrogens is 415 g/mol. The van der Waals surface area contributed by atoms with E-state index in [1.165, 1.54) is 0 Å². The Morgan fingerprint density at radius 3 is 1.40 bits per heavy atom. The second kappa shape index (κ2) is 8.70. The van der Waals surface area contributed by atoms with Gasteiger partial charge < -0.3 is 11.5 Å². The van der Waals surface area contributed by atoms with Gasteiger partial charge in [-0.15, -0.1) is 0 Å². The van der Waals surface area contributed by atoms with Crippen molar-refractivity contribution in [2.24, 2.45) is 21.7 Å². The molecule has 0 aliphatic carbocycles. The smallest absolute Gasteiger partial charge is 0.184 e. The molecule has 0 spiro atoms. The molecule has 9 heteroatoms. The number of nitrogens with zero attached hydrogens (tertiary/aromatic N) is 2. The molecule has 0 atom stereocenters. The predicted molar refractivity (Wildman–Crippen MR) is 66.1 cm³/mol. The van der Waals surface area contributed by atoms with Crippen molar-refractivity contribution >= 4 is 46.1 Å². The Hall–Kier alpha value is -0.592. The molecule has 0 aromatic rings. The van der Waals surface area contributed by atoms with E-state index in [0.717, 1.165) is 0 Å². The number of nitrogens with one attached hydrogen (secondary N) is 2. The molecule has 0 aromatic carbocycles. The number of nitrogens with two attached hydrogens (primary N) is 2. The number of hydrogen-bond acceptors (Lipinski definition) is 4. The van der Waals surface area contributed by atoms with Gasteiger partial charge in [-0.1, -0.05) is 0 Å². The first-order chi connectivity index (χ1) is 6.43. The standard InChI is InChI=1S/C6H12N6S2.Pt/c1-3(9-11-5(7)13)4(2)10-12-6(8)14;/h1-2H3,(H3,7,11,13)(H3,8,12,14);. The van der Waals surface area contributed by atoms with Crippen LogP contribution in [0.25, 0.3) is 0 Å². The molecule has 15 heavy (non-hydrogen) atoms. The average molecular weight is 427 g/mol. The van der Waals surface area contributed by atoms with Crippen molar-refractivity contribution in [3.05, 3.63) is 0 Å². The van der Waals surface area contributed by atoms with Crippen LogP contribution in [0.3, 0.4) is 0 Å². The van der Waals surface area contributed by atoms with Gasteiger partial charge in [0.15, 0.2) is 10.2 Å². The van der Waals surface area contributed by atoms with Gasteiger partial charge in [-0.2, -0.15) is 10.2 Å². The molecule has 0 aromatic heterocycles. The molecule has 0 aliphatic heterocycles. The summed E-state index contributed by atoms with van der Waals surface area (Å²) in [6.07, 6.45) is 0. The van der Waals surface area contributed by atoms with Crippen LogP contribution in [0.2, 0.25) is 0 Å². The molecule has 0 rings (SSSR count). The molecule has 0 radical (unpaired) electrons. The van der Waals surface area contributed by atoms with Crippen molar-refractivity contribution in [1.82, 2.24) is 10.9 Å². The van der Waals surface area contributed by atoms with E-state index >= 15 is 0 Å². The molecule has 0 heterocycles. The third-order valence-corrected chi connectivity index (χ3v) is 1.37. The predicted octanol–water partition coefficient (Wildman–Crippen LogP) is -0.598. The van der Waals surface area contributed by atoms with Gasteiger partial charge in [-0.3, -0.25) is 10.9 Å². The van der Waals surface area contributed by atoms with Crippen molar-refractivity contribution < 1.29 is 21.1 Å². The quantitative estimate of drug-likeness (QED) is 0.273. The van der Waals surface area contributed by atoms with Crippen LogP contribution in [0.5, 0.6) is 0 Å².